The first-order valence-corrected chi connectivity index (χ1v) is 12.3. The summed E-state index contributed by atoms with van der Waals surface area (Å²) in [7, 11) is 4.11. The van der Waals surface area contributed by atoms with Crippen molar-refractivity contribution in [1.82, 2.24) is 14.5 Å². The van der Waals surface area contributed by atoms with Crippen LogP contribution in [0.5, 0.6) is 11.6 Å². The number of nitrogens with zero attached hydrogens (tertiary/aromatic N) is 3. The molecule has 0 amide bonds. The predicted octanol–water partition coefficient (Wildman–Crippen LogP) is 4.18. The van der Waals surface area contributed by atoms with Crippen LogP contribution in [-0.4, -0.2) is 47.8 Å². The molecular weight excluding hydrogens is 458 g/mol. The van der Waals surface area contributed by atoms with Gasteiger partial charge in [-0.3, -0.25) is 4.57 Å². The zero-order valence-corrected chi connectivity index (χ0v) is 20.7. The van der Waals surface area contributed by atoms with Crippen molar-refractivity contribution >= 4 is 0 Å². The van der Waals surface area contributed by atoms with E-state index in [0.29, 0.717) is 18.9 Å². The fourth-order valence-corrected chi connectivity index (χ4v) is 4.58. The number of hydrogen-bond donors (Lipinski definition) is 0. The van der Waals surface area contributed by atoms with Gasteiger partial charge in [-0.05, 0) is 69.1 Å². The second-order valence-corrected chi connectivity index (χ2v) is 9.24. The van der Waals surface area contributed by atoms with Crippen molar-refractivity contribution in [1.29, 1.82) is 0 Å². The molecule has 5 rings (SSSR count). The maximum absolute atomic E-state index is 13.0. The van der Waals surface area contributed by atoms with E-state index in [1.54, 1.807) is 4.57 Å². The highest BCUT2D eigenvalue weighted by atomic mass is 16.6. The average Bonchev–Trinajstić information content (AvgIpc) is 2.90. The Morgan fingerprint density at radius 2 is 2.11 bits per heavy atom. The van der Waals surface area contributed by atoms with Gasteiger partial charge in [0.25, 0.3) is 0 Å². The molecule has 3 aliphatic rings. The van der Waals surface area contributed by atoms with Gasteiger partial charge < -0.3 is 23.8 Å². The molecule has 2 aromatic rings. The minimum atomic E-state index is -0.546. The Labute approximate surface area is 210 Å². The van der Waals surface area contributed by atoms with E-state index in [1.807, 2.05) is 30.4 Å². The van der Waals surface area contributed by atoms with Crippen molar-refractivity contribution in [2.45, 2.75) is 38.3 Å². The molecule has 0 fully saturated rings. The summed E-state index contributed by atoms with van der Waals surface area (Å²) in [5.41, 5.74) is 3.62. The van der Waals surface area contributed by atoms with Gasteiger partial charge in [0, 0.05) is 24.7 Å². The molecule has 1 aliphatic carbocycles. The largest absolute Gasteiger partial charge is 0.494 e. The standard InChI is InChI=1S/C28H31N3O5/c1-30(2)12-6-14-34-22-9-10-23-21(17-22)11-13-31-24(23)18-26(29-28(31)32)36-27(20-7-4-3-5-8-20)25-19-33-15-16-35-25/h3-4,7,9-10,15-19,27H,5-6,8,11-14H2,1-2H3. The van der Waals surface area contributed by atoms with Crippen LogP contribution in [0, 0.1) is 0 Å². The third kappa shape index (κ3) is 5.39. The van der Waals surface area contributed by atoms with E-state index >= 15 is 0 Å². The summed E-state index contributed by atoms with van der Waals surface area (Å²) >= 11 is 0. The van der Waals surface area contributed by atoms with Crippen LogP contribution in [0.15, 0.2) is 77.4 Å². The highest BCUT2D eigenvalue weighted by Crippen LogP contribution is 2.34. The Kier molecular flexibility index (Phi) is 7.23. The van der Waals surface area contributed by atoms with Gasteiger partial charge in [-0.2, -0.15) is 4.98 Å². The van der Waals surface area contributed by atoms with Gasteiger partial charge in [-0.1, -0.05) is 18.2 Å². The fourth-order valence-electron chi connectivity index (χ4n) is 4.58. The number of aryl methyl sites for hydroxylation is 1. The monoisotopic (exact) mass is 489 g/mol. The van der Waals surface area contributed by atoms with Gasteiger partial charge in [-0.25, -0.2) is 4.79 Å². The molecule has 0 saturated carbocycles. The molecule has 0 saturated heterocycles. The summed E-state index contributed by atoms with van der Waals surface area (Å²) in [6.07, 6.45) is 13.4. The number of benzene rings is 1. The van der Waals surface area contributed by atoms with E-state index in [9.17, 15) is 4.79 Å². The van der Waals surface area contributed by atoms with Crippen LogP contribution >= 0.6 is 0 Å². The molecule has 0 bridgehead atoms. The molecule has 0 N–H and O–H groups in total. The van der Waals surface area contributed by atoms with E-state index in [2.05, 4.69) is 36.1 Å². The molecule has 188 valence electrons. The Morgan fingerprint density at radius 1 is 1.19 bits per heavy atom. The first kappa shape index (κ1) is 23.9. The summed E-state index contributed by atoms with van der Waals surface area (Å²) in [6.45, 7) is 2.21. The van der Waals surface area contributed by atoms with Crippen molar-refractivity contribution in [2.24, 2.45) is 0 Å². The number of allylic oxidation sites excluding steroid dienone is 3. The van der Waals surface area contributed by atoms with Crippen molar-refractivity contribution in [3.63, 3.8) is 0 Å². The molecule has 1 unspecified atom stereocenters. The number of ether oxygens (including phenoxy) is 4. The molecule has 1 atom stereocenters. The lowest BCUT2D eigenvalue weighted by molar-refractivity contribution is 0.154. The molecule has 8 heteroatoms. The van der Waals surface area contributed by atoms with Crippen LogP contribution in [0.1, 0.15) is 24.8 Å². The summed E-state index contributed by atoms with van der Waals surface area (Å²) in [5.74, 6) is 1.61. The lowest BCUT2D eigenvalue weighted by Gasteiger charge is -2.26. The van der Waals surface area contributed by atoms with E-state index in [1.165, 1.54) is 18.8 Å². The van der Waals surface area contributed by atoms with Gasteiger partial charge in [0.1, 0.15) is 24.5 Å². The molecule has 1 aromatic carbocycles. The average molecular weight is 490 g/mol. The Balaban J connectivity index is 1.41. The smallest absolute Gasteiger partial charge is 0.351 e. The first-order chi connectivity index (χ1) is 17.6. The second kappa shape index (κ2) is 10.9. The zero-order valence-electron chi connectivity index (χ0n) is 20.7. The molecule has 0 radical (unpaired) electrons. The van der Waals surface area contributed by atoms with Crippen LogP contribution in [0.4, 0.5) is 0 Å². The van der Waals surface area contributed by atoms with Gasteiger partial charge in [0.05, 0.1) is 12.3 Å². The van der Waals surface area contributed by atoms with E-state index in [4.69, 9.17) is 18.9 Å². The molecule has 0 spiro atoms. The lowest BCUT2D eigenvalue weighted by Crippen LogP contribution is -2.31. The van der Waals surface area contributed by atoms with Crippen LogP contribution in [0.3, 0.4) is 0 Å². The number of aromatic nitrogens is 2. The second-order valence-electron chi connectivity index (χ2n) is 9.24. The van der Waals surface area contributed by atoms with Gasteiger partial charge in [0.15, 0.2) is 11.9 Å². The Morgan fingerprint density at radius 3 is 2.89 bits per heavy atom. The topological polar surface area (TPSA) is 75.1 Å². The van der Waals surface area contributed by atoms with Crippen LogP contribution in [-0.2, 0) is 22.4 Å². The Hall–Kier alpha value is -3.78. The summed E-state index contributed by atoms with van der Waals surface area (Å²) in [6, 6.07) is 7.89. The van der Waals surface area contributed by atoms with Gasteiger partial charge in [-0.15, -0.1) is 0 Å². The molecular formula is C28H31N3O5. The Bertz CT molecular complexity index is 1290. The summed E-state index contributed by atoms with van der Waals surface area (Å²) in [4.78, 5) is 19.3. The molecule has 3 heterocycles. The number of hydrogen-bond acceptors (Lipinski definition) is 7. The van der Waals surface area contributed by atoms with Crippen molar-refractivity contribution < 1.29 is 18.9 Å². The zero-order chi connectivity index (χ0) is 24.9. The van der Waals surface area contributed by atoms with Gasteiger partial charge in [0.2, 0.25) is 5.88 Å². The minimum Gasteiger partial charge on any atom is -0.494 e. The van der Waals surface area contributed by atoms with Crippen molar-refractivity contribution in [2.75, 3.05) is 27.2 Å². The third-order valence-electron chi connectivity index (χ3n) is 6.37. The van der Waals surface area contributed by atoms with E-state index in [0.717, 1.165) is 60.4 Å². The SMILES string of the molecule is CN(C)CCCOc1ccc2c(c1)CCn1c-2cc(OC(C2=CC=CCC2)C2=COC=CO2)nc1=O. The highest BCUT2D eigenvalue weighted by molar-refractivity contribution is 5.67. The van der Waals surface area contributed by atoms with Crippen LogP contribution in [0.25, 0.3) is 11.3 Å². The summed E-state index contributed by atoms with van der Waals surface area (Å²) in [5, 5.41) is 0. The minimum absolute atomic E-state index is 0.252. The maximum Gasteiger partial charge on any atom is 0.351 e. The van der Waals surface area contributed by atoms with Gasteiger partial charge >= 0.3 is 5.69 Å². The van der Waals surface area contributed by atoms with Crippen molar-refractivity contribution in [3.05, 3.63) is 88.7 Å². The third-order valence-corrected chi connectivity index (χ3v) is 6.37. The highest BCUT2D eigenvalue weighted by Gasteiger charge is 2.27. The van der Waals surface area contributed by atoms with E-state index < -0.39 is 6.10 Å². The van der Waals surface area contributed by atoms with Crippen molar-refractivity contribution in [3.8, 4) is 22.9 Å². The maximum atomic E-state index is 13.0. The fraction of sp³-hybridized carbons (Fsp3) is 0.357. The predicted molar refractivity (Wildman–Crippen MR) is 137 cm³/mol. The molecule has 8 nitrogen and oxygen atoms in total. The molecule has 2 aliphatic heterocycles. The summed E-state index contributed by atoms with van der Waals surface area (Å²) < 4.78 is 25.0. The van der Waals surface area contributed by atoms with E-state index in [-0.39, 0.29) is 11.6 Å². The number of fused-ring (bicyclic) bond motifs is 3. The first-order valence-electron chi connectivity index (χ1n) is 12.3. The molecule has 36 heavy (non-hydrogen) atoms. The lowest BCUT2D eigenvalue weighted by atomic mass is 9.97. The quantitative estimate of drug-likeness (QED) is 0.489. The van der Waals surface area contributed by atoms with Crippen LogP contribution in [0.2, 0.25) is 0 Å². The molecule has 1 aromatic heterocycles. The number of rotatable bonds is 9. The van der Waals surface area contributed by atoms with Crippen LogP contribution < -0.4 is 15.2 Å². The normalized spacial score (nSPS) is 16.8.